The third-order valence-corrected chi connectivity index (χ3v) is 2.17. The van der Waals surface area contributed by atoms with E-state index in [-0.39, 0.29) is 24.1 Å². The van der Waals surface area contributed by atoms with Crippen LogP contribution in [0.5, 0.6) is 0 Å². The SMILES string of the molecule is CS(=O)(=O)Cc1noc(COCCN)n1. The Kier molecular flexibility index (Phi) is 4.18. The van der Waals surface area contributed by atoms with Crippen molar-refractivity contribution < 1.29 is 17.7 Å². The van der Waals surface area contributed by atoms with Gasteiger partial charge in [0.05, 0.1) is 6.61 Å². The van der Waals surface area contributed by atoms with Gasteiger partial charge in [-0.05, 0) is 0 Å². The largest absolute Gasteiger partial charge is 0.370 e. The molecule has 7 nitrogen and oxygen atoms in total. The zero-order valence-electron chi connectivity index (χ0n) is 8.34. The highest BCUT2D eigenvalue weighted by Crippen LogP contribution is 2.02. The Labute approximate surface area is 87.5 Å². The second-order valence-corrected chi connectivity index (χ2v) is 5.16. The van der Waals surface area contributed by atoms with Gasteiger partial charge in [-0.2, -0.15) is 4.98 Å². The molecule has 2 N–H and O–H groups in total. The third kappa shape index (κ3) is 4.86. The molecule has 0 aliphatic heterocycles. The first-order chi connectivity index (χ1) is 7.01. The van der Waals surface area contributed by atoms with Crippen LogP contribution >= 0.6 is 0 Å². The summed E-state index contributed by atoms with van der Waals surface area (Å²) in [6.45, 7) is 0.947. The molecular formula is C7H13N3O4S. The maximum Gasteiger partial charge on any atom is 0.252 e. The van der Waals surface area contributed by atoms with Crippen LogP contribution in [0.4, 0.5) is 0 Å². The van der Waals surface area contributed by atoms with E-state index in [1.807, 2.05) is 0 Å². The number of sulfone groups is 1. The number of aromatic nitrogens is 2. The summed E-state index contributed by atoms with van der Waals surface area (Å²) in [5.41, 5.74) is 5.21. The molecule has 15 heavy (non-hydrogen) atoms. The number of ether oxygens (including phenoxy) is 1. The molecule has 0 fully saturated rings. The highest BCUT2D eigenvalue weighted by atomic mass is 32.2. The van der Waals surface area contributed by atoms with Gasteiger partial charge in [0.25, 0.3) is 5.89 Å². The molecule has 1 aromatic heterocycles. The Morgan fingerprint density at radius 1 is 1.53 bits per heavy atom. The topological polar surface area (TPSA) is 108 Å². The molecule has 86 valence electrons. The lowest BCUT2D eigenvalue weighted by atomic mass is 10.6. The van der Waals surface area contributed by atoms with Crippen molar-refractivity contribution in [3.8, 4) is 0 Å². The Hall–Kier alpha value is -0.990. The average Bonchev–Trinajstić information content (AvgIpc) is 2.50. The number of hydrogen-bond acceptors (Lipinski definition) is 7. The molecule has 1 rings (SSSR count). The van der Waals surface area contributed by atoms with Crippen molar-refractivity contribution in [3.05, 3.63) is 11.7 Å². The zero-order chi connectivity index (χ0) is 11.3. The fourth-order valence-electron chi connectivity index (χ4n) is 0.885. The minimum absolute atomic E-state index is 0.142. The number of nitrogens with two attached hydrogens (primary N) is 1. The van der Waals surface area contributed by atoms with Crippen LogP contribution in [0, 0.1) is 0 Å². The lowest BCUT2D eigenvalue weighted by molar-refractivity contribution is 0.104. The standard InChI is InChI=1S/C7H13N3O4S/c1-15(11,12)5-6-9-7(14-10-6)4-13-3-2-8/h2-5,8H2,1H3. The lowest BCUT2D eigenvalue weighted by Crippen LogP contribution is -2.08. The van der Waals surface area contributed by atoms with Crippen molar-refractivity contribution in [2.45, 2.75) is 12.4 Å². The summed E-state index contributed by atoms with van der Waals surface area (Å²) in [5, 5.41) is 3.50. The van der Waals surface area contributed by atoms with E-state index < -0.39 is 9.84 Å². The minimum Gasteiger partial charge on any atom is -0.370 e. The van der Waals surface area contributed by atoms with Crippen molar-refractivity contribution in [1.82, 2.24) is 10.1 Å². The Bertz CT molecular complexity index is 400. The predicted molar refractivity (Wildman–Crippen MR) is 51.6 cm³/mol. The van der Waals surface area contributed by atoms with Crippen molar-refractivity contribution in [3.63, 3.8) is 0 Å². The van der Waals surface area contributed by atoms with Crippen LogP contribution in [-0.4, -0.2) is 38.0 Å². The first-order valence-corrected chi connectivity index (χ1v) is 6.34. The summed E-state index contributed by atoms with van der Waals surface area (Å²) in [6, 6.07) is 0. The van der Waals surface area contributed by atoms with E-state index in [1.54, 1.807) is 0 Å². The van der Waals surface area contributed by atoms with Crippen LogP contribution in [0.2, 0.25) is 0 Å². The minimum atomic E-state index is -3.13. The van der Waals surface area contributed by atoms with Gasteiger partial charge in [0.2, 0.25) is 0 Å². The molecule has 0 atom stereocenters. The second kappa shape index (κ2) is 5.19. The van der Waals surface area contributed by atoms with Gasteiger partial charge in [0, 0.05) is 12.8 Å². The van der Waals surface area contributed by atoms with Gasteiger partial charge in [0.1, 0.15) is 12.4 Å². The van der Waals surface area contributed by atoms with Gasteiger partial charge in [-0.3, -0.25) is 0 Å². The Morgan fingerprint density at radius 2 is 2.27 bits per heavy atom. The molecule has 0 bridgehead atoms. The summed E-state index contributed by atoms with van der Waals surface area (Å²) in [7, 11) is -3.13. The fraction of sp³-hybridized carbons (Fsp3) is 0.714. The number of nitrogens with zero attached hydrogens (tertiary/aromatic N) is 2. The van der Waals surface area contributed by atoms with E-state index in [0.29, 0.717) is 13.2 Å². The van der Waals surface area contributed by atoms with Crippen LogP contribution in [-0.2, 0) is 26.9 Å². The van der Waals surface area contributed by atoms with Gasteiger partial charge >= 0.3 is 0 Å². The fourth-order valence-corrected chi connectivity index (χ4v) is 1.47. The summed E-state index contributed by atoms with van der Waals surface area (Å²) in [4.78, 5) is 3.84. The lowest BCUT2D eigenvalue weighted by Gasteiger charge is -1.95. The van der Waals surface area contributed by atoms with Crippen LogP contribution in [0.3, 0.4) is 0 Å². The van der Waals surface area contributed by atoms with Crippen LogP contribution in [0.25, 0.3) is 0 Å². The van der Waals surface area contributed by atoms with Gasteiger partial charge in [0.15, 0.2) is 15.7 Å². The van der Waals surface area contributed by atoms with E-state index in [1.165, 1.54) is 0 Å². The molecular weight excluding hydrogens is 222 g/mol. The molecule has 1 aromatic rings. The van der Waals surface area contributed by atoms with Gasteiger partial charge < -0.3 is 15.0 Å². The number of hydrogen-bond donors (Lipinski definition) is 1. The monoisotopic (exact) mass is 235 g/mol. The van der Waals surface area contributed by atoms with Crippen molar-refractivity contribution in [2.75, 3.05) is 19.4 Å². The van der Waals surface area contributed by atoms with Crippen LogP contribution in [0.1, 0.15) is 11.7 Å². The summed E-state index contributed by atoms with van der Waals surface area (Å²) in [6.07, 6.45) is 1.11. The summed E-state index contributed by atoms with van der Waals surface area (Å²) < 4.78 is 31.6. The smallest absolute Gasteiger partial charge is 0.252 e. The van der Waals surface area contributed by atoms with Gasteiger partial charge in [-0.1, -0.05) is 5.16 Å². The maximum absolute atomic E-state index is 10.9. The van der Waals surface area contributed by atoms with E-state index >= 15 is 0 Å². The highest BCUT2D eigenvalue weighted by Gasteiger charge is 2.11. The first kappa shape index (κ1) is 12.1. The van der Waals surface area contributed by atoms with E-state index in [2.05, 4.69) is 10.1 Å². The molecule has 0 aliphatic rings. The summed E-state index contributed by atoms with van der Waals surface area (Å²) >= 11 is 0. The number of rotatable bonds is 6. The molecule has 8 heteroatoms. The molecule has 0 saturated heterocycles. The summed E-state index contributed by atoms with van der Waals surface area (Å²) in [5.74, 6) is 0.166. The third-order valence-electron chi connectivity index (χ3n) is 1.39. The predicted octanol–water partition coefficient (Wildman–Crippen LogP) is -0.910. The van der Waals surface area contributed by atoms with Crippen molar-refractivity contribution in [2.24, 2.45) is 5.73 Å². The second-order valence-electron chi connectivity index (χ2n) is 3.02. The Morgan fingerprint density at radius 3 is 2.87 bits per heavy atom. The Balaban J connectivity index is 2.49. The van der Waals surface area contributed by atoms with Crippen LogP contribution < -0.4 is 5.73 Å². The normalized spacial score (nSPS) is 11.9. The molecule has 0 unspecified atom stereocenters. The zero-order valence-corrected chi connectivity index (χ0v) is 9.16. The van der Waals surface area contributed by atoms with Gasteiger partial charge in [-0.25, -0.2) is 8.42 Å². The maximum atomic E-state index is 10.9. The first-order valence-electron chi connectivity index (χ1n) is 4.28. The van der Waals surface area contributed by atoms with Crippen molar-refractivity contribution in [1.29, 1.82) is 0 Å². The molecule has 1 heterocycles. The molecule has 0 radical (unpaired) electrons. The molecule has 0 saturated carbocycles. The molecule has 0 aliphatic carbocycles. The quantitative estimate of drug-likeness (QED) is 0.636. The van der Waals surface area contributed by atoms with E-state index in [9.17, 15) is 8.42 Å². The molecule has 0 aromatic carbocycles. The van der Waals surface area contributed by atoms with Crippen molar-refractivity contribution >= 4 is 9.84 Å². The van der Waals surface area contributed by atoms with E-state index in [0.717, 1.165) is 6.26 Å². The van der Waals surface area contributed by atoms with Crippen LogP contribution in [0.15, 0.2) is 4.52 Å². The molecule has 0 spiro atoms. The highest BCUT2D eigenvalue weighted by molar-refractivity contribution is 7.89. The van der Waals surface area contributed by atoms with Gasteiger partial charge in [-0.15, -0.1) is 0 Å². The molecule has 0 amide bonds. The average molecular weight is 235 g/mol. The van der Waals surface area contributed by atoms with E-state index in [4.69, 9.17) is 15.0 Å².